The molecule has 0 aliphatic rings. The van der Waals surface area contributed by atoms with Crippen LogP contribution in [0.15, 0.2) is 48.5 Å². The maximum atomic E-state index is 14.1. The molecule has 0 aliphatic heterocycles. The van der Waals surface area contributed by atoms with Gasteiger partial charge in [-0.1, -0.05) is 31.2 Å². The van der Waals surface area contributed by atoms with E-state index < -0.39 is 23.4 Å². The number of hydrogen-bond donors (Lipinski definition) is 3. The molecule has 3 amide bonds. The van der Waals surface area contributed by atoms with Crippen molar-refractivity contribution in [3.05, 3.63) is 70.2 Å². The van der Waals surface area contributed by atoms with Crippen LogP contribution in [0.4, 0.5) is 11.4 Å². The molecule has 9 nitrogen and oxygen atoms in total. The second-order valence-electron chi connectivity index (χ2n) is 9.28. The molecular weight excluding hydrogens is 490 g/mol. The maximum Gasteiger partial charge on any atom is 0.273 e. The van der Waals surface area contributed by atoms with Crippen LogP contribution in [0, 0.1) is 6.92 Å². The zero-order valence-corrected chi connectivity index (χ0v) is 22.5. The van der Waals surface area contributed by atoms with Crippen molar-refractivity contribution in [3.63, 3.8) is 0 Å². The molecule has 2 aromatic carbocycles. The van der Waals surface area contributed by atoms with Crippen molar-refractivity contribution in [3.8, 4) is 5.75 Å². The van der Waals surface area contributed by atoms with E-state index in [4.69, 9.17) is 16.2 Å². The lowest BCUT2D eigenvalue weighted by Crippen LogP contribution is -2.50. The highest BCUT2D eigenvalue weighted by atomic mass is 32.1. The molecule has 0 fully saturated rings. The summed E-state index contributed by atoms with van der Waals surface area (Å²) in [5.74, 6) is -1.13. The van der Waals surface area contributed by atoms with Crippen molar-refractivity contribution >= 4 is 40.6 Å². The summed E-state index contributed by atoms with van der Waals surface area (Å²) in [6.45, 7) is 10.1. The van der Waals surface area contributed by atoms with Crippen molar-refractivity contribution < 1.29 is 19.1 Å². The lowest BCUT2D eigenvalue weighted by Gasteiger charge is -2.34. The minimum Gasteiger partial charge on any atom is -0.494 e. The van der Waals surface area contributed by atoms with Crippen molar-refractivity contribution in [2.75, 3.05) is 17.2 Å². The van der Waals surface area contributed by atoms with Crippen LogP contribution in [0.25, 0.3) is 0 Å². The van der Waals surface area contributed by atoms with E-state index in [-0.39, 0.29) is 22.2 Å². The number of nitrogens with zero attached hydrogens (tertiary/aromatic N) is 2. The van der Waals surface area contributed by atoms with Gasteiger partial charge in [-0.2, -0.15) is 4.37 Å². The Morgan fingerprint density at radius 1 is 1.14 bits per heavy atom. The number of aryl methyl sites for hydroxylation is 1. The third-order valence-electron chi connectivity index (χ3n) is 6.01. The van der Waals surface area contributed by atoms with Gasteiger partial charge in [-0.3, -0.25) is 19.3 Å². The molecule has 0 spiro atoms. The summed E-state index contributed by atoms with van der Waals surface area (Å²) < 4.78 is 9.56. The van der Waals surface area contributed by atoms with Gasteiger partial charge >= 0.3 is 0 Å². The molecule has 0 radical (unpaired) electrons. The molecule has 0 saturated carbocycles. The summed E-state index contributed by atoms with van der Waals surface area (Å²) in [7, 11) is 0. The number of nitrogen functional groups attached to an aromatic ring is 1. The van der Waals surface area contributed by atoms with Gasteiger partial charge in [0, 0.05) is 11.2 Å². The van der Waals surface area contributed by atoms with Crippen LogP contribution in [-0.2, 0) is 4.79 Å². The van der Waals surface area contributed by atoms with E-state index >= 15 is 0 Å². The fourth-order valence-electron chi connectivity index (χ4n) is 3.72. The predicted molar refractivity (Wildman–Crippen MR) is 146 cm³/mol. The number of carbonyl (C=O) groups is 3. The molecule has 1 heterocycles. The first-order valence-electron chi connectivity index (χ1n) is 12.0. The van der Waals surface area contributed by atoms with Gasteiger partial charge in [-0.05, 0) is 81.0 Å². The Hall–Kier alpha value is -3.92. The van der Waals surface area contributed by atoms with Crippen LogP contribution in [0.5, 0.6) is 5.75 Å². The number of hydrogen-bond acceptors (Lipinski definition) is 7. The number of carbonyl (C=O) groups excluding carboxylic acids is 3. The second-order valence-corrected chi connectivity index (χ2v) is 10.1. The van der Waals surface area contributed by atoms with Crippen LogP contribution in [0.2, 0.25) is 0 Å². The zero-order chi connectivity index (χ0) is 27.3. The highest BCUT2D eigenvalue weighted by Crippen LogP contribution is 2.34. The lowest BCUT2D eigenvalue weighted by molar-refractivity contribution is -0.124. The second kappa shape index (κ2) is 11.4. The molecule has 37 heavy (non-hydrogen) atoms. The standard InChI is InChI=1S/C27H33N5O4S/c1-6-27(4,5)30-25(34)22(17-11-13-19(14-12-17)36-7-2)32(18-10-8-9-16(3)15-18)26(35)23-20(28)21(24(29)33)31-37-23/h8-15,22H,6-7,28H2,1-5H3,(H2,29,33)(H,30,34). The first-order valence-corrected chi connectivity index (χ1v) is 12.8. The van der Waals surface area contributed by atoms with E-state index in [1.165, 1.54) is 4.90 Å². The van der Waals surface area contributed by atoms with E-state index in [2.05, 4.69) is 9.69 Å². The highest BCUT2D eigenvalue weighted by molar-refractivity contribution is 7.09. The third-order valence-corrected chi connectivity index (χ3v) is 6.86. The van der Waals surface area contributed by atoms with Gasteiger partial charge in [-0.25, -0.2) is 0 Å². The van der Waals surface area contributed by atoms with Crippen molar-refractivity contribution in [2.45, 2.75) is 52.6 Å². The number of anilines is 2. The number of nitrogens with one attached hydrogen (secondary N) is 1. The number of amides is 3. The summed E-state index contributed by atoms with van der Waals surface area (Å²) in [5, 5.41) is 3.07. The van der Waals surface area contributed by atoms with Crippen LogP contribution >= 0.6 is 11.5 Å². The van der Waals surface area contributed by atoms with E-state index in [9.17, 15) is 14.4 Å². The molecule has 1 atom stereocenters. The Balaban J connectivity index is 2.22. The average molecular weight is 524 g/mol. The van der Waals surface area contributed by atoms with Crippen LogP contribution in [0.1, 0.15) is 71.4 Å². The maximum absolute atomic E-state index is 14.1. The molecule has 196 valence electrons. The average Bonchev–Trinajstić information content (AvgIpc) is 3.24. The largest absolute Gasteiger partial charge is 0.494 e. The van der Waals surface area contributed by atoms with Crippen molar-refractivity contribution in [2.24, 2.45) is 5.73 Å². The molecule has 5 N–H and O–H groups in total. The van der Waals surface area contributed by atoms with Crippen molar-refractivity contribution in [1.82, 2.24) is 9.69 Å². The number of nitrogens with two attached hydrogens (primary N) is 2. The van der Waals surface area contributed by atoms with E-state index in [0.717, 1.165) is 17.1 Å². The quantitative estimate of drug-likeness (QED) is 0.363. The fraction of sp³-hybridized carbons (Fsp3) is 0.333. The molecule has 3 aromatic rings. The lowest BCUT2D eigenvalue weighted by atomic mass is 9.97. The third kappa shape index (κ3) is 6.26. The smallest absolute Gasteiger partial charge is 0.273 e. The van der Waals surface area contributed by atoms with Crippen LogP contribution in [-0.4, -0.2) is 34.2 Å². The number of aromatic nitrogens is 1. The number of rotatable bonds is 10. The van der Waals surface area contributed by atoms with Gasteiger partial charge in [0.2, 0.25) is 5.91 Å². The minimum absolute atomic E-state index is 0.0220. The van der Waals surface area contributed by atoms with E-state index in [0.29, 0.717) is 30.0 Å². The molecule has 0 saturated heterocycles. The molecule has 3 rings (SSSR count). The summed E-state index contributed by atoms with van der Waals surface area (Å²) in [5.41, 5.74) is 12.6. The SMILES string of the molecule is CCOc1ccc(C(C(=O)NC(C)(C)CC)N(C(=O)c2snc(C(N)=O)c2N)c2cccc(C)c2)cc1. The Morgan fingerprint density at radius 3 is 2.35 bits per heavy atom. The first kappa shape index (κ1) is 27.7. The van der Waals surface area contributed by atoms with Crippen LogP contribution in [0.3, 0.4) is 0 Å². The Labute approximate surface area is 221 Å². The molecule has 1 unspecified atom stereocenters. The molecular formula is C27H33N5O4S. The number of primary amides is 1. The Bertz CT molecular complexity index is 1290. The van der Waals surface area contributed by atoms with Crippen LogP contribution < -0.4 is 26.4 Å². The summed E-state index contributed by atoms with van der Waals surface area (Å²) >= 11 is 0.772. The topological polar surface area (TPSA) is 141 Å². The predicted octanol–water partition coefficient (Wildman–Crippen LogP) is 4.22. The molecule has 1 aromatic heterocycles. The Morgan fingerprint density at radius 2 is 1.81 bits per heavy atom. The van der Waals surface area contributed by atoms with Gasteiger partial charge in [-0.15, -0.1) is 0 Å². The van der Waals surface area contributed by atoms with E-state index in [1.807, 2.05) is 46.8 Å². The monoisotopic (exact) mass is 523 g/mol. The number of benzene rings is 2. The normalized spacial score (nSPS) is 12.0. The molecule has 0 bridgehead atoms. The van der Waals surface area contributed by atoms with Gasteiger partial charge in [0.1, 0.15) is 16.7 Å². The fourth-order valence-corrected chi connectivity index (χ4v) is 4.46. The summed E-state index contributed by atoms with van der Waals surface area (Å²) in [6.07, 6.45) is 0.677. The van der Waals surface area contributed by atoms with Gasteiger partial charge in [0.15, 0.2) is 5.69 Å². The number of ether oxygens (including phenoxy) is 1. The molecule has 10 heteroatoms. The van der Waals surface area contributed by atoms with Gasteiger partial charge in [0.05, 0.1) is 12.3 Å². The zero-order valence-electron chi connectivity index (χ0n) is 21.7. The summed E-state index contributed by atoms with van der Waals surface area (Å²) in [6, 6.07) is 13.2. The van der Waals surface area contributed by atoms with Gasteiger partial charge < -0.3 is 21.5 Å². The summed E-state index contributed by atoms with van der Waals surface area (Å²) in [4.78, 5) is 41.2. The van der Waals surface area contributed by atoms with Gasteiger partial charge in [0.25, 0.3) is 11.8 Å². The minimum atomic E-state index is -1.06. The Kier molecular flexibility index (Phi) is 8.54. The highest BCUT2D eigenvalue weighted by Gasteiger charge is 2.37. The first-order chi connectivity index (χ1) is 17.5. The van der Waals surface area contributed by atoms with Crippen molar-refractivity contribution in [1.29, 1.82) is 0 Å². The van der Waals surface area contributed by atoms with E-state index in [1.54, 1.807) is 36.4 Å². The molecule has 0 aliphatic carbocycles.